The Hall–Kier alpha value is -3.68. The smallest absolute Gasteiger partial charge is 0.257 e. The Morgan fingerprint density at radius 2 is 2.03 bits per heavy atom. The van der Waals surface area contributed by atoms with Crippen molar-refractivity contribution >= 4 is 29.0 Å². The van der Waals surface area contributed by atoms with Gasteiger partial charge in [-0.05, 0) is 30.7 Å². The lowest BCUT2D eigenvalue weighted by atomic mass is 10.0. The van der Waals surface area contributed by atoms with Crippen LogP contribution in [0.4, 0.5) is 21.6 Å². The Morgan fingerprint density at radius 1 is 1.26 bits per heavy atom. The number of halogens is 1. The molecule has 2 aliphatic rings. The summed E-state index contributed by atoms with van der Waals surface area (Å²) in [5, 5.41) is 6.08. The highest BCUT2D eigenvalue weighted by atomic mass is 19.1. The van der Waals surface area contributed by atoms with Gasteiger partial charge in [-0.2, -0.15) is 0 Å². The third-order valence-corrected chi connectivity index (χ3v) is 5.73. The number of aromatic amines is 1. The lowest BCUT2D eigenvalue weighted by Crippen LogP contribution is -2.34. The second kappa shape index (κ2) is 7.54. The first kappa shape index (κ1) is 19.3. The average Bonchev–Trinajstić information content (AvgIpc) is 3.40. The number of carbonyl (C=O) groups is 2. The number of pyridine rings is 1. The van der Waals surface area contributed by atoms with E-state index in [9.17, 15) is 14.0 Å². The first-order valence-electron chi connectivity index (χ1n) is 10.2. The number of H-pyrrole nitrogens is 1. The molecule has 1 saturated carbocycles. The second-order valence-electron chi connectivity index (χ2n) is 7.97. The molecule has 0 saturated heterocycles. The van der Waals surface area contributed by atoms with Crippen LogP contribution in [0.5, 0.6) is 0 Å². The van der Waals surface area contributed by atoms with E-state index < -0.39 is 12.1 Å². The number of alkyl halides is 1. The average molecular weight is 419 g/mol. The van der Waals surface area contributed by atoms with Crippen molar-refractivity contribution in [1.29, 1.82) is 0 Å². The number of fused-ring (bicyclic) bond motifs is 1. The lowest BCUT2D eigenvalue weighted by molar-refractivity contribution is -0.117. The van der Waals surface area contributed by atoms with Gasteiger partial charge >= 0.3 is 0 Å². The van der Waals surface area contributed by atoms with Crippen LogP contribution in [0.15, 0.2) is 48.7 Å². The molecular weight excluding hydrogens is 397 g/mol. The number of nitrogens with one attached hydrogen (secondary N) is 3. The Bertz CT molecular complexity index is 1160. The molecule has 3 N–H and O–H groups in total. The van der Waals surface area contributed by atoms with E-state index in [2.05, 4.69) is 20.6 Å². The molecule has 2 atom stereocenters. The van der Waals surface area contributed by atoms with Gasteiger partial charge in [-0.15, -0.1) is 0 Å². The zero-order valence-electron chi connectivity index (χ0n) is 17.0. The first-order chi connectivity index (χ1) is 15.0. The molecule has 1 aliphatic heterocycles. The summed E-state index contributed by atoms with van der Waals surface area (Å²) < 4.78 is 13.2. The predicted octanol–water partition coefficient (Wildman–Crippen LogP) is 3.74. The Kier molecular flexibility index (Phi) is 4.69. The van der Waals surface area contributed by atoms with Gasteiger partial charge in [0.15, 0.2) is 0 Å². The maximum atomic E-state index is 13.2. The van der Waals surface area contributed by atoms with Crippen LogP contribution in [-0.4, -0.2) is 46.4 Å². The lowest BCUT2D eigenvalue weighted by Gasteiger charge is -2.23. The minimum atomic E-state index is -1.07. The molecule has 0 unspecified atom stereocenters. The maximum absolute atomic E-state index is 13.2. The van der Waals surface area contributed by atoms with Crippen molar-refractivity contribution in [3.8, 4) is 11.3 Å². The maximum Gasteiger partial charge on any atom is 0.257 e. The fourth-order valence-electron chi connectivity index (χ4n) is 3.86. The molecule has 0 bridgehead atoms. The van der Waals surface area contributed by atoms with Crippen LogP contribution in [0.2, 0.25) is 0 Å². The highest BCUT2D eigenvalue weighted by Gasteiger charge is 2.43. The molecule has 31 heavy (non-hydrogen) atoms. The van der Waals surface area contributed by atoms with Crippen molar-refractivity contribution in [3.05, 3.63) is 59.9 Å². The van der Waals surface area contributed by atoms with Crippen molar-refractivity contribution in [1.82, 2.24) is 14.9 Å². The number of likely N-dealkylation sites (N-methyl/N-ethyl adjacent to an activating group) is 1. The van der Waals surface area contributed by atoms with Crippen molar-refractivity contribution in [2.45, 2.75) is 19.0 Å². The summed E-state index contributed by atoms with van der Waals surface area (Å²) in [6, 6.07) is 13.2. The van der Waals surface area contributed by atoms with E-state index in [-0.39, 0.29) is 18.2 Å². The zero-order chi connectivity index (χ0) is 21.5. The van der Waals surface area contributed by atoms with Crippen LogP contribution in [-0.2, 0) is 11.2 Å². The second-order valence-corrected chi connectivity index (χ2v) is 7.97. The summed E-state index contributed by atoms with van der Waals surface area (Å²) >= 11 is 0. The minimum absolute atomic E-state index is 0.0486. The standard InChI is InChI=1S/C23H22FN5O2/c1-29-10-8-17-19(23(29)31)21(26-14-5-3-2-4-6-14)20(27-17)13-7-9-25-18(11-13)28-22(30)15-12-16(15)24/h2-7,9,11,15-16,26-27H,8,10,12H2,1H3,(H,25,28,30)/t15-,16+/m0/s1. The van der Waals surface area contributed by atoms with Crippen molar-refractivity contribution in [3.63, 3.8) is 0 Å². The van der Waals surface area contributed by atoms with Crippen molar-refractivity contribution in [2.24, 2.45) is 5.92 Å². The molecule has 8 heteroatoms. The van der Waals surface area contributed by atoms with Gasteiger partial charge in [0.2, 0.25) is 5.91 Å². The molecule has 1 aromatic carbocycles. The highest BCUT2D eigenvalue weighted by Crippen LogP contribution is 2.39. The number of para-hydroxylation sites is 1. The zero-order valence-corrected chi connectivity index (χ0v) is 17.0. The van der Waals surface area contributed by atoms with Crippen molar-refractivity contribution in [2.75, 3.05) is 24.2 Å². The fraction of sp³-hybridized carbons (Fsp3) is 0.261. The van der Waals surface area contributed by atoms with Gasteiger partial charge in [-0.1, -0.05) is 18.2 Å². The Labute approximate surface area is 178 Å². The van der Waals surface area contributed by atoms with E-state index in [4.69, 9.17) is 0 Å². The molecule has 0 spiro atoms. The van der Waals surface area contributed by atoms with E-state index in [1.807, 2.05) is 36.4 Å². The van der Waals surface area contributed by atoms with E-state index in [1.54, 1.807) is 24.2 Å². The number of nitrogens with zero attached hydrogens (tertiary/aromatic N) is 2. The summed E-state index contributed by atoms with van der Waals surface area (Å²) in [4.78, 5) is 34.4. The Morgan fingerprint density at radius 3 is 2.77 bits per heavy atom. The molecule has 3 aromatic rings. The number of aromatic nitrogens is 2. The summed E-state index contributed by atoms with van der Waals surface area (Å²) in [6.07, 6.45) is 1.50. The van der Waals surface area contributed by atoms with Gasteiger partial charge in [-0.3, -0.25) is 9.59 Å². The summed E-state index contributed by atoms with van der Waals surface area (Å²) in [5.41, 5.74) is 4.54. The SMILES string of the molecule is CN1CCc2[nH]c(-c3ccnc(NC(=O)[C@H]4C[C@H]4F)c3)c(Nc3ccccc3)c2C1=O. The summed E-state index contributed by atoms with van der Waals surface area (Å²) in [7, 11) is 1.79. The Balaban J connectivity index is 1.54. The fourth-order valence-corrected chi connectivity index (χ4v) is 3.86. The molecule has 3 heterocycles. The third kappa shape index (κ3) is 3.65. The van der Waals surface area contributed by atoms with Crippen LogP contribution in [0.3, 0.4) is 0 Å². The van der Waals surface area contributed by atoms with Crippen molar-refractivity contribution < 1.29 is 14.0 Å². The van der Waals surface area contributed by atoms with Gasteiger partial charge in [0.05, 0.1) is 22.9 Å². The molecule has 2 aromatic heterocycles. The number of hydrogen-bond donors (Lipinski definition) is 3. The normalized spacial score (nSPS) is 19.7. The molecule has 2 amide bonds. The number of hydrogen-bond acceptors (Lipinski definition) is 4. The van der Waals surface area contributed by atoms with Crippen LogP contribution >= 0.6 is 0 Å². The topological polar surface area (TPSA) is 90.1 Å². The number of amides is 2. The van der Waals surface area contributed by atoms with E-state index in [0.717, 1.165) is 29.1 Å². The van der Waals surface area contributed by atoms with Crippen LogP contribution < -0.4 is 10.6 Å². The molecular formula is C23H22FN5O2. The van der Waals surface area contributed by atoms with E-state index >= 15 is 0 Å². The van der Waals surface area contributed by atoms with Gasteiger partial charge < -0.3 is 20.5 Å². The summed E-state index contributed by atoms with van der Waals surface area (Å²) in [6.45, 7) is 0.639. The number of benzene rings is 1. The monoisotopic (exact) mass is 419 g/mol. The minimum Gasteiger partial charge on any atom is -0.356 e. The van der Waals surface area contributed by atoms with E-state index in [1.165, 1.54) is 0 Å². The van der Waals surface area contributed by atoms with Gasteiger partial charge in [0.1, 0.15) is 12.0 Å². The quantitative estimate of drug-likeness (QED) is 0.588. The first-order valence-corrected chi connectivity index (χ1v) is 10.2. The van der Waals surface area contributed by atoms with Gasteiger partial charge in [0.25, 0.3) is 5.91 Å². The number of anilines is 3. The predicted molar refractivity (Wildman–Crippen MR) is 116 cm³/mol. The number of carbonyl (C=O) groups excluding carboxylic acids is 2. The molecule has 1 fully saturated rings. The van der Waals surface area contributed by atoms with E-state index in [0.29, 0.717) is 23.6 Å². The van der Waals surface area contributed by atoms with Crippen LogP contribution in [0, 0.1) is 5.92 Å². The largest absolute Gasteiger partial charge is 0.356 e. The molecule has 7 nitrogen and oxygen atoms in total. The molecule has 158 valence electrons. The molecule has 1 aliphatic carbocycles. The van der Waals surface area contributed by atoms with Gasteiger partial charge in [0, 0.05) is 43.2 Å². The van der Waals surface area contributed by atoms with Crippen LogP contribution in [0.25, 0.3) is 11.3 Å². The molecule has 0 radical (unpaired) electrons. The highest BCUT2D eigenvalue weighted by molar-refractivity contribution is 6.06. The van der Waals surface area contributed by atoms with Crippen LogP contribution in [0.1, 0.15) is 22.5 Å². The van der Waals surface area contributed by atoms with Gasteiger partial charge in [-0.25, -0.2) is 9.37 Å². The summed E-state index contributed by atoms with van der Waals surface area (Å²) in [5.74, 6) is -0.648. The third-order valence-electron chi connectivity index (χ3n) is 5.73. The number of rotatable bonds is 5. The molecule has 5 rings (SSSR count).